The standard InChI is InChI=1S/C28H24F3N3O3/c1-14-23(10-15-4-2-3-5-24(15)37-28(30)31)34-13-20(21(29)11-25(34)33-14)16-6-7-22(32-12-16)17-8-18-19(9-17)26(18)27(35)36/h2-7,11-13,17-19,26,28H,8-10H2,1H3,(H,35,36). The van der Waals surface area contributed by atoms with Crippen LogP contribution in [0.15, 0.2) is 54.9 Å². The van der Waals surface area contributed by atoms with E-state index in [4.69, 9.17) is 0 Å². The highest BCUT2D eigenvalue weighted by Crippen LogP contribution is 2.61. The molecule has 0 radical (unpaired) electrons. The number of carbonyl (C=O) groups is 1. The predicted molar refractivity (Wildman–Crippen MR) is 129 cm³/mol. The second-order valence-corrected chi connectivity index (χ2v) is 9.90. The summed E-state index contributed by atoms with van der Waals surface area (Å²) in [5, 5.41) is 9.24. The Balaban J connectivity index is 1.28. The smallest absolute Gasteiger partial charge is 0.387 e. The van der Waals surface area contributed by atoms with Crippen LogP contribution < -0.4 is 4.74 Å². The number of para-hydroxylation sites is 1. The van der Waals surface area contributed by atoms with E-state index >= 15 is 4.39 Å². The summed E-state index contributed by atoms with van der Waals surface area (Å²) >= 11 is 0. The van der Waals surface area contributed by atoms with Crippen LogP contribution in [0.2, 0.25) is 0 Å². The number of fused-ring (bicyclic) bond motifs is 2. The van der Waals surface area contributed by atoms with Gasteiger partial charge in [0.05, 0.1) is 11.6 Å². The monoisotopic (exact) mass is 507 g/mol. The van der Waals surface area contributed by atoms with Crippen molar-refractivity contribution in [2.75, 3.05) is 0 Å². The molecule has 37 heavy (non-hydrogen) atoms. The van der Waals surface area contributed by atoms with Crippen molar-refractivity contribution in [1.82, 2.24) is 14.4 Å². The minimum atomic E-state index is -2.94. The molecule has 3 heterocycles. The third-order valence-corrected chi connectivity index (χ3v) is 7.80. The van der Waals surface area contributed by atoms with Crippen LogP contribution in [-0.4, -0.2) is 32.1 Å². The first-order valence-corrected chi connectivity index (χ1v) is 12.2. The Bertz CT molecular complexity index is 1490. The van der Waals surface area contributed by atoms with Crippen LogP contribution in [0.5, 0.6) is 5.75 Å². The molecule has 9 heteroatoms. The minimum Gasteiger partial charge on any atom is -0.481 e. The number of imidazole rings is 1. The number of rotatable bonds is 7. The summed E-state index contributed by atoms with van der Waals surface area (Å²) in [6, 6.07) is 11.7. The van der Waals surface area contributed by atoms with Gasteiger partial charge in [-0.3, -0.25) is 9.78 Å². The molecule has 0 aliphatic heterocycles. The number of aryl methyl sites for hydroxylation is 1. The van der Waals surface area contributed by atoms with Crippen molar-refractivity contribution in [2.45, 2.75) is 38.7 Å². The number of hydrogen-bond acceptors (Lipinski definition) is 4. The number of ether oxygens (including phenoxy) is 1. The molecule has 2 atom stereocenters. The Hall–Kier alpha value is -3.88. The number of pyridine rings is 2. The van der Waals surface area contributed by atoms with E-state index in [0.717, 1.165) is 24.2 Å². The van der Waals surface area contributed by atoms with Crippen molar-refractivity contribution in [3.05, 3.63) is 83.3 Å². The first kappa shape index (κ1) is 23.5. The molecule has 1 N–H and O–H groups in total. The predicted octanol–water partition coefficient (Wildman–Crippen LogP) is 5.86. The Morgan fingerprint density at radius 1 is 1.19 bits per heavy atom. The summed E-state index contributed by atoms with van der Waals surface area (Å²) in [7, 11) is 0. The van der Waals surface area contributed by atoms with E-state index in [-0.39, 0.29) is 35.8 Å². The summed E-state index contributed by atoms with van der Waals surface area (Å²) in [6.45, 7) is -1.14. The van der Waals surface area contributed by atoms with E-state index in [9.17, 15) is 18.7 Å². The molecule has 0 saturated heterocycles. The fourth-order valence-corrected chi connectivity index (χ4v) is 5.95. The quantitative estimate of drug-likeness (QED) is 0.339. The maximum Gasteiger partial charge on any atom is 0.387 e. The molecule has 2 fully saturated rings. The molecule has 6 nitrogen and oxygen atoms in total. The second kappa shape index (κ2) is 8.90. The van der Waals surface area contributed by atoms with Gasteiger partial charge in [0.2, 0.25) is 0 Å². The van der Waals surface area contributed by atoms with E-state index in [1.807, 2.05) is 12.1 Å². The van der Waals surface area contributed by atoms with Crippen molar-refractivity contribution < 1.29 is 27.8 Å². The van der Waals surface area contributed by atoms with E-state index < -0.39 is 18.4 Å². The zero-order valence-electron chi connectivity index (χ0n) is 19.9. The first-order valence-electron chi connectivity index (χ1n) is 12.2. The van der Waals surface area contributed by atoms with E-state index in [1.54, 1.807) is 41.9 Å². The van der Waals surface area contributed by atoms with Crippen molar-refractivity contribution in [3.8, 4) is 16.9 Å². The Labute approximate surface area is 210 Å². The van der Waals surface area contributed by atoms with Crippen LogP contribution in [0, 0.1) is 30.5 Å². The molecule has 0 amide bonds. The number of benzene rings is 1. The fraction of sp³-hybridized carbons (Fsp3) is 0.321. The van der Waals surface area contributed by atoms with Gasteiger partial charge in [0.25, 0.3) is 0 Å². The minimum absolute atomic E-state index is 0.0909. The normalized spacial score (nSPS) is 22.4. The second-order valence-electron chi connectivity index (χ2n) is 9.90. The van der Waals surface area contributed by atoms with Crippen LogP contribution in [-0.2, 0) is 11.2 Å². The lowest BCUT2D eigenvalue weighted by Crippen LogP contribution is -2.08. The number of aliphatic carboxylic acids is 1. The van der Waals surface area contributed by atoms with Gasteiger partial charge in [-0.05, 0) is 43.7 Å². The number of nitrogens with zero attached hydrogens (tertiary/aromatic N) is 3. The fourth-order valence-electron chi connectivity index (χ4n) is 5.95. The molecule has 2 aliphatic rings. The van der Waals surface area contributed by atoms with Crippen LogP contribution in [0.4, 0.5) is 13.2 Å². The molecular weight excluding hydrogens is 483 g/mol. The van der Waals surface area contributed by atoms with Crippen molar-refractivity contribution in [2.24, 2.45) is 17.8 Å². The molecule has 1 aromatic carbocycles. The molecule has 0 bridgehead atoms. The summed E-state index contributed by atoms with van der Waals surface area (Å²) < 4.78 is 47.3. The van der Waals surface area contributed by atoms with Gasteiger partial charge in [-0.25, -0.2) is 9.37 Å². The summed E-state index contributed by atoms with van der Waals surface area (Å²) in [5.74, 6) is -0.559. The van der Waals surface area contributed by atoms with Crippen LogP contribution in [0.3, 0.4) is 0 Å². The molecule has 2 unspecified atom stereocenters. The molecule has 3 aromatic heterocycles. The van der Waals surface area contributed by atoms with Crippen molar-refractivity contribution in [3.63, 3.8) is 0 Å². The molecule has 2 saturated carbocycles. The van der Waals surface area contributed by atoms with E-state index in [1.165, 1.54) is 12.1 Å². The van der Waals surface area contributed by atoms with E-state index in [2.05, 4.69) is 14.7 Å². The Morgan fingerprint density at radius 3 is 2.62 bits per heavy atom. The topological polar surface area (TPSA) is 76.7 Å². The molecular formula is C28H24F3N3O3. The van der Waals surface area contributed by atoms with Gasteiger partial charge in [-0.1, -0.05) is 24.3 Å². The third kappa shape index (κ3) is 4.22. The average molecular weight is 508 g/mol. The van der Waals surface area contributed by atoms with Crippen LogP contribution in [0.25, 0.3) is 16.8 Å². The number of carboxylic acids is 1. The number of aromatic nitrogens is 3. The summed E-state index contributed by atoms with van der Waals surface area (Å²) in [5.41, 5.74) is 4.25. The maximum atomic E-state index is 15.1. The number of carboxylic acid groups (broad SMARTS) is 1. The van der Waals surface area contributed by atoms with Gasteiger partial charge in [-0.15, -0.1) is 0 Å². The third-order valence-electron chi connectivity index (χ3n) is 7.80. The number of alkyl halides is 2. The zero-order valence-corrected chi connectivity index (χ0v) is 19.9. The summed E-state index contributed by atoms with van der Waals surface area (Å²) in [6.07, 6.45) is 5.23. The lowest BCUT2D eigenvalue weighted by Gasteiger charge is -2.14. The SMILES string of the molecule is Cc1nc2cc(F)c(-c3ccc(C4CC5C(C4)C5C(=O)O)nc3)cn2c1Cc1ccccc1OC(F)F. The Kier molecular flexibility index (Phi) is 5.66. The molecule has 4 aromatic rings. The van der Waals surface area contributed by atoms with Crippen molar-refractivity contribution >= 4 is 11.6 Å². The van der Waals surface area contributed by atoms with Crippen LogP contribution in [0.1, 0.15) is 41.4 Å². The van der Waals surface area contributed by atoms with Gasteiger partial charge in [0.15, 0.2) is 0 Å². The van der Waals surface area contributed by atoms with Gasteiger partial charge >= 0.3 is 12.6 Å². The Morgan fingerprint density at radius 2 is 1.95 bits per heavy atom. The van der Waals surface area contributed by atoms with Gasteiger partial charge in [-0.2, -0.15) is 8.78 Å². The maximum absolute atomic E-state index is 15.1. The molecule has 2 aliphatic carbocycles. The lowest BCUT2D eigenvalue weighted by molar-refractivity contribution is -0.139. The van der Waals surface area contributed by atoms with Crippen LogP contribution >= 0.6 is 0 Å². The largest absolute Gasteiger partial charge is 0.481 e. The highest BCUT2D eigenvalue weighted by Gasteiger charge is 2.60. The number of halogens is 3. The average Bonchev–Trinajstić information content (AvgIpc) is 3.22. The molecule has 190 valence electrons. The molecule has 0 spiro atoms. The first-order chi connectivity index (χ1) is 17.8. The highest BCUT2D eigenvalue weighted by molar-refractivity contribution is 5.74. The van der Waals surface area contributed by atoms with Gasteiger partial charge < -0.3 is 14.2 Å². The molecule has 6 rings (SSSR count). The van der Waals surface area contributed by atoms with Crippen molar-refractivity contribution in [1.29, 1.82) is 0 Å². The van der Waals surface area contributed by atoms with Gasteiger partial charge in [0, 0.05) is 58.9 Å². The zero-order chi connectivity index (χ0) is 25.8. The summed E-state index contributed by atoms with van der Waals surface area (Å²) in [4.78, 5) is 20.3. The highest BCUT2D eigenvalue weighted by atomic mass is 19.3. The number of hydrogen-bond donors (Lipinski definition) is 1. The van der Waals surface area contributed by atoms with E-state index in [0.29, 0.717) is 28.0 Å². The lowest BCUT2D eigenvalue weighted by atomic mass is 9.95. The van der Waals surface area contributed by atoms with Gasteiger partial charge in [0.1, 0.15) is 17.2 Å².